The predicted molar refractivity (Wildman–Crippen MR) is 95.3 cm³/mol. The van der Waals surface area contributed by atoms with Crippen molar-refractivity contribution >= 4 is 16.6 Å². The highest BCUT2D eigenvalue weighted by atomic mass is 32.2. The van der Waals surface area contributed by atoms with Crippen molar-refractivity contribution in [1.82, 2.24) is 0 Å². The zero-order valence-electron chi connectivity index (χ0n) is 14.7. The Labute approximate surface area is 139 Å². The molecular formula is C18H35NO2S. The Morgan fingerprint density at radius 2 is 1.82 bits per heavy atom. The Kier molecular flexibility index (Phi) is 9.49. The Bertz CT molecular complexity index is 353. The minimum atomic E-state index is -0.785. The predicted octanol–water partition coefficient (Wildman–Crippen LogP) is 3.67. The van der Waals surface area contributed by atoms with Crippen molar-refractivity contribution in [2.75, 3.05) is 12.3 Å². The van der Waals surface area contributed by atoms with E-state index in [4.69, 9.17) is 5.73 Å². The van der Waals surface area contributed by atoms with E-state index in [1.165, 1.54) is 25.7 Å². The summed E-state index contributed by atoms with van der Waals surface area (Å²) in [5, 5.41) is 0.215. The number of carbonyl (C=O) groups excluding carboxylic acids is 1. The molecule has 0 bridgehead atoms. The van der Waals surface area contributed by atoms with Crippen molar-refractivity contribution < 1.29 is 9.00 Å². The summed E-state index contributed by atoms with van der Waals surface area (Å²) in [5.41, 5.74) is 5.52. The van der Waals surface area contributed by atoms with Gasteiger partial charge in [0.05, 0.1) is 0 Å². The van der Waals surface area contributed by atoms with Crippen LogP contribution in [0.1, 0.15) is 72.1 Å². The quantitative estimate of drug-likeness (QED) is 0.665. The highest BCUT2D eigenvalue weighted by Crippen LogP contribution is 2.33. The van der Waals surface area contributed by atoms with E-state index in [-0.39, 0.29) is 17.0 Å². The van der Waals surface area contributed by atoms with E-state index >= 15 is 0 Å². The molecule has 1 aliphatic rings. The van der Waals surface area contributed by atoms with Crippen LogP contribution in [0.2, 0.25) is 0 Å². The number of nitrogens with two attached hydrogens (primary N) is 1. The summed E-state index contributed by atoms with van der Waals surface area (Å²) in [6, 6.07) is 0. The van der Waals surface area contributed by atoms with E-state index < -0.39 is 10.8 Å². The zero-order valence-corrected chi connectivity index (χ0v) is 15.5. The minimum Gasteiger partial charge on any atom is -0.330 e. The van der Waals surface area contributed by atoms with Crippen LogP contribution in [0.5, 0.6) is 0 Å². The van der Waals surface area contributed by atoms with Gasteiger partial charge in [0.1, 0.15) is 5.78 Å². The average Bonchev–Trinajstić information content (AvgIpc) is 2.47. The molecule has 0 radical (unpaired) electrons. The van der Waals surface area contributed by atoms with Crippen molar-refractivity contribution in [2.45, 2.75) is 77.4 Å². The van der Waals surface area contributed by atoms with Crippen LogP contribution in [0.25, 0.3) is 0 Å². The lowest BCUT2D eigenvalue weighted by atomic mass is 9.79. The Morgan fingerprint density at radius 1 is 1.18 bits per heavy atom. The summed E-state index contributed by atoms with van der Waals surface area (Å²) < 4.78 is 12.8. The molecule has 4 atom stereocenters. The standard InChI is InChI=1S/C18H35NO2S/c1-4-6-15(7-5-2)13-22(21)17-11-14(3)10-16(12-17)18(20)8-9-19/h14-17H,4-13,19H2,1-3H3. The number of rotatable bonds is 10. The van der Waals surface area contributed by atoms with Gasteiger partial charge in [0.15, 0.2) is 0 Å². The first-order valence-electron chi connectivity index (χ1n) is 9.11. The fourth-order valence-corrected chi connectivity index (χ4v) is 5.92. The van der Waals surface area contributed by atoms with Gasteiger partial charge in [-0.3, -0.25) is 9.00 Å². The molecule has 130 valence electrons. The summed E-state index contributed by atoms with van der Waals surface area (Å²) in [4.78, 5) is 12.2. The third-order valence-electron chi connectivity index (χ3n) is 4.91. The second kappa shape index (κ2) is 10.5. The largest absolute Gasteiger partial charge is 0.330 e. The molecule has 0 saturated heterocycles. The molecule has 0 aliphatic heterocycles. The first-order valence-corrected chi connectivity index (χ1v) is 10.5. The number of hydrogen-bond acceptors (Lipinski definition) is 3. The summed E-state index contributed by atoms with van der Waals surface area (Å²) in [7, 11) is -0.785. The van der Waals surface area contributed by atoms with Gasteiger partial charge in [0, 0.05) is 34.1 Å². The summed E-state index contributed by atoms with van der Waals surface area (Å²) >= 11 is 0. The Morgan fingerprint density at radius 3 is 2.36 bits per heavy atom. The van der Waals surface area contributed by atoms with Crippen LogP contribution >= 0.6 is 0 Å². The van der Waals surface area contributed by atoms with Crippen LogP contribution in [0.4, 0.5) is 0 Å². The van der Waals surface area contributed by atoms with Crippen LogP contribution in [-0.4, -0.2) is 27.5 Å². The van der Waals surface area contributed by atoms with E-state index in [1.807, 2.05) is 0 Å². The smallest absolute Gasteiger partial charge is 0.137 e. The topological polar surface area (TPSA) is 60.2 Å². The number of carbonyl (C=O) groups is 1. The van der Waals surface area contributed by atoms with Crippen LogP contribution < -0.4 is 5.73 Å². The lowest BCUT2D eigenvalue weighted by molar-refractivity contribution is -0.123. The maximum atomic E-state index is 12.8. The molecule has 1 rings (SSSR count). The maximum absolute atomic E-state index is 12.8. The molecule has 0 amide bonds. The van der Waals surface area contributed by atoms with Crippen molar-refractivity contribution in [2.24, 2.45) is 23.5 Å². The van der Waals surface area contributed by atoms with Crippen molar-refractivity contribution in [3.63, 3.8) is 0 Å². The van der Waals surface area contributed by atoms with E-state index in [9.17, 15) is 9.00 Å². The molecule has 4 heteroatoms. The molecule has 4 unspecified atom stereocenters. The first-order chi connectivity index (χ1) is 10.5. The fraction of sp³-hybridized carbons (Fsp3) is 0.944. The molecule has 1 fully saturated rings. The molecule has 0 heterocycles. The molecule has 0 aromatic heterocycles. The molecule has 1 saturated carbocycles. The fourth-order valence-electron chi connectivity index (χ4n) is 3.86. The summed E-state index contributed by atoms with van der Waals surface area (Å²) in [5.74, 6) is 2.31. The monoisotopic (exact) mass is 329 g/mol. The minimum absolute atomic E-state index is 0.0945. The van der Waals surface area contributed by atoms with Crippen molar-refractivity contribution in [3.05, 3.63) is 0 Å². The van der Waals surface area contributed by atoms with Gasteiger partial charge in [-0.25, -0.2) is 0 Å². The van der Waals surface area contributed by atoms with Crippen LogP contribution in [0, 0.1) is 17.8 Å². The van der Waals surface area contributed by atoms with Crippen LogP contribution in [0.3, 0.4) is 0 Å². The molecule has 22 heavy (non-hydrogen) atoms. The van der Waals surface area contributed by atoms with E-state index in [2.05, 4.69) is 20.8 Å². The zero-order chi connectivity index (χ0) is 16.5. The molecule has 3 nitrogen and oxygen atoms in total. The molecule has 2 N–H and O–H groups in total. The molecule has 0 spiro atoms. The van der Waals surface area contributed by atoms with Gasteiger partial charge in [0.2, 0.25) is 0 Å². The molecule has 0 aromatic rings. The van der Waals surface area contributed by atoms with Gasteiger partial charge in [-0.2, -0.15) is 0 Å². The van der Waals surface area contributed by atoms with Gasteiger partial charge in [0.25, 0.3) is 0 Å². The maximum Gasteiger partial charge on any atom is 0.137 e. The van der Waals surface area contributed by atoms with Gasteiger partial charge in [-0.05, 0) is 50.5 Å². The lowest BCUT2D eigenvalue weighted by Crippen LogP contribution is -2.35. The van der Waals surface area contributed by atoms with Crippen molar-refractivity contribution in [1.29, 1.82) is 0 Å². The number of hydrogen-bond donors (Lipinski definition) is 1. The molecular weight excluding hydrogens is 294 g/mol. The third kappa shape index (κ3) is 6.49. The van der Waals surface area contributed by atoms with Gasteiger partial charge in [-0.1, -0.05) is 33.6 Å². The Hall–Kier alpha value is -0.220. The second-order valence-electron chi connectivity index (χ2n) is 7.13. The van der Waals surface area contributed by atoms with E-state index in [1.54, 1.807) is 0 Å². The van der Waals surface area contributed by atoms with Crippen LogP contribution in [0.15, 0.2) is 0 Å². The summed E-state index contributed by atoms with van der Waals surface area (Å²) in [6.45, 7) is 7.04. The number of Topliss-reactive ketones (excluding diaryl/α,β-unsaturated/α-hetero) is 1. The lowest BCUT2D eigenvalue weighted by Gasteiger charge is -2.33. The number of ketones is 1. The average molecular weight is 330 g/mol. The normalized spacial score (nSPS) is 27.0. The molecule has 1 aliphatic carbocycles. The first kappa shape index (κ1) is 19.8. The SMILES string of the molecule is CCCC(CCC)CS(=O)C1CC(C)CC(C(=O)CCN)C1. The van der Waals surface area contributed by atoms with Crippen molar-refractivity contribution in [3.8, 4) is 0 Å². The second-order valence-corrected chi connectivity index (χ2v) is 8.89. The van der Waals surface area contributed by atoms with Gasteiger partial charge in [-0.15, -0.1) is 0 Å². The van der Waals surface area contributed by atoms with E-state index in [0.717, 1.165) is 25.0 Å². The third-order valence-corrected chi connectivity index (χ3v) is 6.84. The molecule has 0 aromatic carbocycles. The summed E-state index contributed by atoms with van der Waals surface area (Å²) in [6.07, 6.45) is 7.96. The van der Waals surface area contributed by atoms with Crippen LogP contribution in [-0.2, 0) is 15.6 Å². The van der Waals surface area contributed by atoms with Gasteiger partial charge < -0.3 is 5.73 Å². The highest BCUT2D eigenvalue weighted by molar-refractivity contribution is 7.85. The van der Waals surface area contributed by atoms with Gasteiger partial charge >= 0.3 is 0 Å². The van der Waals surface area contributed by atoms with E-state index in [0.29, 0.717) is 24.8 Å². The Balaban J connectivity index is 2.60. The highest BCUT2D eigenvalue weighted by Gasteiger charge is 2.33.